The van der Waals surface area contributed by atoms with E-state index in [1.54, 1.807) is 29.7 Å². The number of hydrogen-bond donors (Lipinski definition) is 0. The molecule has 1 aromatic carbocycles. The van der Waals surface area contributed by atoms with Crippen LogP contribution in [0.4, 0.5) is 5.69 Å². The van der Waals surface area contributed by atoms with Gasteiger partial charge in [-0.15, -0.1) is 0 Å². The predicted molar refractivity (Wildman–Crippen MR) is 132 cm³/mol. The van der Waals surface area contributed by atoms with E-state index in [1.165, 1.54) is 24.6 Å². The van der Waals surface area contributed by atoms with Gasteiger partial charge in [0.15, 0.2) is 0 Å². The Balaban J connectivity index is 1.87. The maximum absolute atomic E-state index is 13.5. The maximum atomic E-state index is 13.5. The Morgan fingerprint density at radius 2 is 1.84 bits per heavy atom. The number of aryl methyl sites for hydroxylation is 1. The van der Waals surface area contributed by atoms with Crippen molar-refractivity contribution in [1.82, 2.24) is 9.47 Å². The van der Waals surface area contributed by atoms with Gasteiger partial charge < -0.3 is 14.2 Å². The second kappa shape index (κ2) is 9.54. The number of thioether (sulfide) groups is 1. The summed E-state index contributed by atoms with van der Waals surface area (Å²) in [5, 5.41) is 1.03. The molecule has 2 fully saturated rings. The van der Waals surface area contributed by atoms with Crippen LogP contribution in [0, 0.1) is 0 Å². The number of carbonyl (C=O) groups is 1. The van der Waals surface area contributed by atoms with Crippen LogP contribution >= 0.6 is 24.0 Å². The molecule has 1 amide bonds. The van der Waals surface area contributed by atoms with E-state index in [9.17, 15) is 9.59 Å². The lowest BCUT2D eigenvalue weighted by atomic mass is 10.1. The summed E-state index contributed by atoms with van der Waals surface area (Å²) in [5.74, 6) is -0.163. The fraction of sp³-hybridized carbons (Fsp3) is 0.435. The van der Waals surface area contributed by atoms with E-state index < -0.39 is 0 Å². The van der Waals surface area contributed by atoms with Crippen LogP contribution in [-0.4, -0.2) is 53.0 Å². The lowest BCUT2D eigenvalue weighted by Gasteiger charge is -2.27. The first kappa shape index (κ1) is 22.0. The van der Waals surface area contributed by atoms with Crippen molar-refractivity contribution in [2.24, 2.45) is 7.05 Å². The lowest BCUT2D eigenvalue weighted by Crippen LogP contribution is -2.31. The summed E-state index contributed by atoms with van der Waals surface area (Å²) in [6.07, 6.45) is 6.35. The van der Waals surface area contributed by atoms with E-state index in [4.69, 9.17) is 17.0 Å². The van der Waals surface area contributed by atoms with Crippen LogP contribution in [0.15, 0.2) is 34.0 Å². The number of carbonyl (C=O) groups excluding carboxylic acids is 1. The molecule has 2 saturated heterocycles. The number of ether oxygens (including phenoxy) is 1. The molecule has 0 N–H and O–H groups in total. The first-order chi connectivity index (χ1) is 15.0. The number of methoxy groups -OCH3 is 1. The average Bonchev–Trinajstić information content (AvgIpc) is 2.95. The molecule has 0 radical (unpaired) electrons. The van der Waals surface area contributed by atoms with E-state index in [2.05, 4.69) is 11.0 Å². The number of aromatic nitrogens is 1. The standard InChI is InChI=1S/C23H27N3O3S2/c1-24-18-10-6-5-9-16(18)20(25-11-7-3-4-8-12-25)17(21(24)27)15-19-22(28)26(13-14-29-2)23(30)31-19/h5-6,9-10,15H,3-4,7-8,11-14H2,1-2H3. The molecule has 0 unspecified atom stereocenters. The number of amides is 1. The molecule has 8 heteroatoms. The van der Waals surface area contributed by atoms with Crippen molar-refractivity contribution in [1.29, 1.82) is 0 Å². The monoisotopic (exact) mass is 457 g/mol. The van der Waals surface area contributed by atoms with Crippen LogP contribution in [0.25, 0.3) is 17.0 Å². The fourth-order valence-electron chi connectivity index (χ4n) is 4.27. The Bertz CT molecular complexity index is 1100. The number of rotatable bonds is 5. The third-order valence-corrected chi connectivity index (χ3v) is 7.28. The number of anilines is 1. The maximum Gasteiger partial charge on any atom is 0.266 e. The summed E-state index contributed by atoms with van der Waals surface area (Å²) in [4.78, 5) is 30.8. The molecule has 2 aromatic rings. The number of pyridine rings is 1. The lowest BCUT2D eigenvalue weighted by molar-refractivity contribution is -0.122. The zero-order chi connectivity index (χ0) is 22.0. The minimum atomic E-state index is -0.163. The largest absolute Gasteiger partial charge is 0.383 e. The average molecular weight is 458 g/mol. The SMILES string of the molecule is COCCN1C(=O)C(=Cc2c(N3CCCCCC3)c3ccccc3n(C)c2=O)SC1=S. The molecule has 0 bridgehead atoms. The van der Waals surface area contributed by atoms with Gasteiger partial charge in [0, 0.05) is 32.6 Å². The summed E-state index contributed by atoms with van der Waals surface area (Å²) < 4.78 is 7.28. The third kappa shape index (κ3) is 4.29. The topological polar surface area (TPSA) is 54.8 Å². The second-order valence-electron chi connectivity index (χ2n) is 7.87. The highest BCUT2D eigenvalue weighted by Crippen LogP contribution is 2.36. The van der Waals surface area contributed by atoms with Crippen LogP contribution in [-0.2, 0) is 16.6 Å². The Morgan fingerprint density at radius 1 is 1.13 bits per heavy atom. The molecule has 0 saturated carbocycles. The first-order valence-corrected chi connectivity index (χ1v) is 11.9. The van der Waals surface area contributed by atoms with Gasteiger partial charge in [0.1, 0.15) is 4.32 Å². The molecular weight excluding hydrogens is 430 g/mol. The highest BCUT2D eigenvalue weighted by Gasteiger charge is 2.32. The number of thiocarbonyl (C=S) groups is 1. The second-order valence-corrected chi connectivity index (χ2v) is 9.55. The van der Waals surface area contributed by atoms with Gasteiger partial charge in [-0.05, 0) is 25.0 Å². The van der Waals surface area contributed by atoms with Crippen LogP contribution in [0.3, 0.4) is 0 Å². The number of nitrogens with zero attached hydrogens (tertiary/aromatic N) is 3. The van der Waals surface area contributed by atoms with E-state index in [0.29, 0.717) is 27.9 Å². The van der Waals surface area contributed by atoms with Crippen LogP contribution < -0.4 is 10.5 Å². The van der Waals surface area contributed by atoms with Gasteiger partial charge in [-0.1, -0.05) is 55.0 Å². The molecule has 31 heavy (non-hydrogen) atoms. The highest BCUT2D eigenvalue weighted by atomic mass is 32.2. The number of hydrogen-bond acceptors (Lipinski definition) is 6. The smallest absolute Gasteiger partial charge is 0.266 e. The van der Waals surface area contributed by atoms with Crippen LogP contribution in [0.5, 0.6) is 0 Å². The van der Waals surface area contributed by atoms with Crippen molar-refractivity contribution in [3.05, 3.63) is 45.1 Å². The predicted octanol–water partition coefficient (Wildman–Crippen LogP) is 3.77. The van der Waals surface area contributed by atoms with Gasteiger partial charge in [0.05, 0.1) is 34.8 Å². The van der Waals surface area contributed by atoms with Crippen molar-refractivity contribution in [3.63, 3.8) is 0 Å². The van der Waals surface area contributed by atoms with E-state index in [-0.39, 0.29) is 11.5 Å². The molecular formula is C23H27N3O3S2. The Kier molecular flexibility index (Phi) is 6.79. The van der Waals surface area contributed by atoms with Crippen molar-refractivity contribution in [2.45, 2.75) is 25.7 Å². The number of para-hydroxylation sites is 1. The molecule has 4 rings (SSSR count). The quantitative estimate of drug-likeness (QED) is 0.503. The third-order valence-electron chi connectivity index (χ3n) is 5.90. The molecule has 164 valence electrons. The van der Waals surface area contributed by atoms with E-state index in [0.717, 1.165) is 42.5 Å². The minimum absolute atomic E-state index is 0.0971. The molecule has 2 aliphatic heterocycles. The van der Waals surface area contributed by atoms with Gasteiger partial charge in [-0.3, -0.25) is 14.5 Å². The van der Waals surface area contributed by atoms with E-state index in [1.807, 2.05) is 18.2 Å². The normalized spacial score (nSPS) is 19.0. The fourth-order valence-corrected chi connectivity index (χ4v) is 5.56. The van der Waals surface area contributed by atoms with Gasteiger partial charge in [0.2, 0.25) is 0 Å². The molecule has 6 nitrogen and oxygen atoms in total. The summed E-state index contributed by atoms with van der Waals surface area (Å²) in [6.45, 7) is 2.64. The summed E-state index contributed by atoms with van der Waals surface area (Å²) in [6, 6.07) is 8.00. The van der Waals surface area contributed by atoms with Crippen molar-refractivity contribution in [2.75, 3.05) is 38.3 Å². The summed E-state index contributed by atoms with van der Waals surface area (Å²) >= 11 is 6.67. The van der Waals surface area contributed by atoms with Crippen molar-refractivity contribution < 1.29 is 9.53 Å². The van der Waals surface area contributed by atoms with Crippen LogP contribution in [0.2, 0.25) is 0 Å². The van der Waals surface area contributed by atoms with Gasteiger partial charge in [-0.2, -0.15) is 0 Å². The number of benzene rings is 1. The molecule has 2 aliphatic rings. The van der Waals surface area contributed by atoms with E-state index >= 15 is 0 Å². The number of fused-ring (bicyclic) bond motifs is 1. The highest BCUT2D eigenvalue weighted by molar-refractivity contribution is 8.26. The van der Waals surface area contributed by atoms with Gasteiger partial charge in [-0.25, -0.2) is 0 Å². The minimum Gasteiger partial charge on any atom is -0.383 e. The Morgan fingerprint density at radius 3 is 2.55 bits per heavy atom. The zero-order valence-corrected chi connectivity index (χ0v) is 19.6. The van der Waals surface area contributed by atoms with Crippen molar-refractivity contribution >= 4 is 56.9 Å². The Hall–Kier alpha value is -2.16. The first-order valence-electron chi connectivity index (χ1n) is 10.6. The van der Waals surface area contributed by atoms with Crippen LogP contribution in [0.1, 0.15) is 31.2 Å². The molecule has 0 spiro atoms. The summed E-state index contributed by atoms with van der Waals surface area (Å²) in [5.41, 5.74) is 2.30. The van der Waals surface area contributed by atoms with Gasteiger partial charge in [0.25, 0.3) is 11.5 Å². The van der Waals surface area contributed by atoms with Gasteiger partial charge >= 0.3 is 0 Å². The zero-order valence-electron chi connectivity index (χ0n) is 17.9. The van der Waals surface area contributed by atoms with Crippen molar-refractivity contribution in [3.8, 4) is 0 Å². The molecule has 0 aliphatic carbocycles. The molecule has 0 atom stereocenters. The Labute approximate surface area is 191 Å². The molecule has 1 aromatic heterocycles. The summed E-state index contributed by atoms with van der Waals surface area (Å²) in [7, 11) is 3.39. The molecule has 3 heterocycles.